The Hall–Kier alpha value is -1.59. The van der Waals surface area contributed by atoms with Crippen LogP contribution in [0, 0.1) is 0 Å². The lowest BCUT2D eigenvalue weighted by Crippen LogP contribution is -2.40. The largest absolute Gasteiger partial charge is 0.461 e. The van der Waals surface area contributed by atoms with E-state index in [2.05, 4.69) is 5.32 Å². The van der Waals surface area contributed by atoms with E-state index in [1.807, 2.05) is 0 Å². The second-order valence-electron chi connectivity index (χ2n) is 3.88. The topological polar surface area (TPSA) is 81.7 Å². The Morgan fingerprint density at radius 2 is 1.50 bits per heavy atom. The first kappa shape index (κ1) is 16.4. The van der Waals surface area contributed by atoms with E-state index in [0.717, 1.165) is 0 Å². The van der Waals surface area contributed by atoms with E-state index >= 15 is 0 Å². The fourth-order valence-electron chi connectivity index (χ4n) is 1.07. The molecule has 0 rings (SSSR count). The van der Waals surface area contributed by atoms with E-state index in [0.29, 0.717) is 6.42 Å². The number of amides is 1. The van der Waals surface area contributed by atoms with Crippen LogP contribution in [-0.2, 0) is 23.9 Å². The number of carbonyl (C=O) groups excluding carboxylic acids is 3. The van der Waals surface area contributed by atoms with Gasteiger partial charge in [0.15, 0.2) is 6.10 Å². The number of carbonyl (C=O) groups is 3. The van der Waals surface area contributed by atoms with Crippen LogP contribution in [0.15, 0.2) is 0 Å². The lowest BCUT2D eigenvalue weighted by Gasteiger charge is -2.16. The highest BCUT2D eigenvalue weighted by atomic mass is 16.6. The molecule has 6 nitrogen and oxygen atoms in total. The lowest BCUT2D eigenvalue weighted by molar-refractivity contribution is -0.155. The highest BCUT2D eigenvalue weighted by Gasteiger charge is 2.17. The highest BCUT2D eigenvalue weighted by Crippen LogP contribution is 1.96. The minimum atomic E-state index is -0.841. The molecule has 0 aliphatic rings. The first-order valence-corrected chi connectivity index (χ1v) is 6.07. The number of hydrogen-bond donors (Lipinski definition) is 1. The Labute approximate surface area is 107 Å². The molecule has 0 heterocycles. The number of ether oxygens (including phenoxy) is 2. The predicted molar refractivity (Wildman–Crippen MR) is 64.7 cm³/mol. The monoisotopic (exact) mass is 259 g/mol. The summed E-state index contributed by atoms with van der Waals surface area (Å²) in [7, 11) is 0. The van der Waals surface area contributed by atoms with Crippen molar-refractivity contribution in [2.24, 2.45) is 0 Å². The summed E-state index contributed by atoms with van der Waals surface area (Å²) in [5, 5.41) is 2.55. The normalized spacial score (nSPS) is 13.3. The molecule has 0 aliphatic heterocycles. The number of rotatable bonds is 7. The Bertz CT molecular complexity index is 303. The van der Waals surface area contributed by atoms with Gasteiger partial charge in [-0.25, -0.2) is 0 Å². The summed E-state index contributed by atoms with van der Waals surface area (Å²) in [6, 6.07) is 0. The molecular weight excluding hydrogens is 238 g/mol. The molecule has 0 aromatic heterocycles. The van der Waals surface area contributed by atoms with Crippen LogP contribution >= 0.6 is 0 Å². The average molecular weight is 259 g/mol. The maximum absolute atomic E-state index is 11.5. The summed E-state index contributed by atoms with van der Waals surface area (Å²) in [4.78, 5) is 33.5. The van der Waals surface area contributed by atoms with Gasteiger partial charge in [-0.2, -0.15) is 0 Å². The molecule has 0 aromatic carbocycles. The van der Waals surface area contributed by atoms with E-state index < -0.39 is 24.1 Å². The fourth-order valence-corrected chi connectivity index (χ4v) is 1.07. The fraction of sp³-hybridized carbons (Fsp3) is 0.750. The van der Waals surface area contributed by atoms with Gasteiger partial charge in [0.25, 0.3) is 5.91 Å². The molecule has 0 fully saturated rings. The van der Waals surface area contributed by atoms with Crippen molar-refractivity contribution >= 4 is 17.8 Å². The molecule has 1 N–H and O–H groups in total. The van der Waals surface area contributed by atoms with Crippen molar-refractivity contribution in [3.8, 4) is 0 Å². The first-order valence-electron chi connectivity index (χ1n) is 6.07. The van der Waals surface area contributed by atoms with Crippen molar-refractivity contribution in [2.45, 2.75) is 52.7 Å². The smallest absolute Gasteiger partial charge is 0.306 e. The van der Waals surface area contributed by atoms with E-state index in [4.69, 9.17) is 9.47 Å². The molecule has 6 heteroatoms. The van der Waals surface area contributed by atoms with Gasteiger partial charge in [0.1, 0.15) is 6.10 Å². The summed E-state index contributed by atoms with van der Waals surface area (Å²) in [6.45, 7) is 6.71. The van der Waals surface area contributed by atoms with Gasteiger partial charge in [0.2, 0.25) is 0 Å². The zero-order valence-electron chi connectivity index (χ0n) is 11.3. The van der Waals surface area contributed by atoms with Crippen LogP contribution in [0.4, 0.5) is 0 Å². The molecule has 0 unspecified atom stereocenters. The minimum absolute atomic E-state index is 0.193. The highest BCUT2D eigenvalue weighted by molar-refractivity contribution is 5.83. The number of hydrogen-bond acceptors (Lipinski definition) is 5. The van der Waals surface area contributed by atoms with E-state index in [-0.39, 0.29) is 18.9 Å². The van der Waals surface area contributed by atoms with Crippen LogP contribution in [0.1, 0.15) is 40.5 Å². The summed E-state index contributed by atoms with van der Waals surface area (Å²) >= 11 is 0. The van der Waals surface area contributed by atoms with Crippen LogP contribution in [0.25, 0.3) is 0 Å². The van der Waals surface area contributed by atoms with Gasteiger partial charge in [0.05, 0.1) is 6.54 Å². The summed E-state index contributed by atoms with van der Waals surface area (Å²) in [5.41, 5.74) is 0. The molecule has 18 heavy (non-hydrogen) atoms. The maximum Gasteiger partial charge on any atom is 0.306 e. The van der Waals surface area contributed by atoms with Gasteiger partial charge in [-0.3, -0.25) is 14.4 Å². The van der Waals surface area contributed by atoms with Crippen LogP contribution < -0.4 is 5.32 Å². The second kappa shape index (κ2) is 8.49. The van der Waals surface area contributed by atoms with Gasteiger partial charge >= 0.3 is 11.9 Å². The van der Waals surface area contributed by atoms with Crippen molar-refractivity contribution < 1.29 is 23.9 Å². The zero-order chi connectivity index (χ0) is 14.1. The van der Waals surface area contributed by atoms with Crippen molar-refractivity contribution in [1.82, 2.24) is 5.32 Å². The Morgan fingerprint density at radius 1 is 1.00 bits per heavy atom. The maximum atomic E-state index is 11.5. The number of nitrogens with one attached hydrogen (secondary N) is 1. The third kappa shape index (κ3) is 6.88. The van der Waals surface area contributed by atoms with Crippen molar-refractivity contribution in [3.63, 3.8) is 0 Å². The molecule has 0 saturated heterocycles. The molecule has 104 valence electrons. The first-order chi connectivity index (χ1) is 8.40. The molecule has 2 atom stereocenters. The van der Waals surface area contributed by atoms with Crippen LogP contribution in [0.5, 0.6) is 0 Å². The molecule has 0 aromatic rings. The standard InChI is InChI=1S/C12H21NO5/c1-5-10(14)17-8(3)7-13-12(16)9(4)18-11(15)6-2/h8-9H,5-7H2,1-4H3,(H,13,16)/t8-,9+/m1/s1. The lowest BCUT2D eigenvalue weighted by atomic mass is 10.3. The van der Waals surface area contributed by atoms with Gasteiger partial charge in [-0.05, 0) is 13.8 Å². The summed E-state index contributed by atoms with van der Waals surface area (Å²) in [5.74, 6) is -1.15. The van der Waals surface area contributed by atoms with Gasteiger partial charge < -0.3 is 14.8 Å². The predicted octanol–water partition coefficient (Wildman–Crippen LogP) is 0.786. The van der Waals surface area contributed by atoms with Crippen molar-refractivity contribution in [2.75, 3.05) is 6.54 Å². The molecular formula is C12H21NO5. The van der Waals surface area contributed by atoms with E-state index in [1.165, 1.54) is 6.92 Å². The summed E-state index contributed by atoms with van der Waals surface area (Å²) < 4.78 is 9.81. The molecule has 1 amide bonds. The quantitative estimate of drug-likeness (QED) is 0.683. The summed E-state index contributed by atoms with van der Waals surface area (Å²) in [6.07, 6.45) is -0.729. The van der Waals surface area contributed by atoms with Gasteiger partial charge in [-0.15, -0.1) is 0 Å². The second-order valence-corrected chi connectivity index (χ2v) is 3.88. The Morgan fingerprint density at radius 3 is 2.00 bits per heavy atom. The third-order valence-corrected chi connectivity index (χ3v) is 2.15. The van der Waals surface area contributed by atoms with Gasteiger partial charge in [-0.1, -0.05) is 13.8 Å². The third-order valence-electron chi connectivity index (χ3n) is 2.15. The van der Waals surface area contributed by atoms with Crippen LogP contribution in [0.2, 0.25) is 0 Å². The zero-order valence-corrected chi connectivity index (χ0v) is 11.3. The van der Waals surface area contributed by atoms with Crippen molar-refractivity contribution in [3.05, 3.63) is 0 Å². The minimum Gasteiger partial charge on any atom is -0.461 e. The number of esters is 2. The molecule has 0 spiro atoms. The van der Waals surface area contributed by atoms with Crippen LogP contribution in [-0.4, -0.2) is 36.6 Å². The van der Waals surface area contributed by atoms with E-state index in [9.17, 15) is 14.4 Å². The van der Waals surface area contributed by atoms with Crippen LogP contribution in [0.3, 0.4) is 0 Å². The van der Waals surface area contributed by atoms with E-state index in [1.54, 1.807) is 20.8 Å². The molecule has 0 aliphatic carbocycles. The van der Waals surface area contributed by atoms with Crippen molar-refractivity contribution in [1.29, 1.82) is 0 Å². The Balaban J connectivity index is 3.94. The Kier molecular flexibility index (Phi) is 7.74. The SMILES string of the molecule is CCC(=O)O[C@H](C)CNC(=O)[C@H](C)OC(=O)CC. The average Bonchev–Trinajstić information content (AvgIpc) is 2.35. The molecule has 0 radical (unpaired) electrons. The molecule has 0 bridgehead atoms. The molecule has 0 saturated carbocycles. The van der Waals surface area contributed by atoms with Gasteiger partial charge in [0, 0.05) is 12.8 Å².